The number of nitrogens with zero attached hydrogens (tertiary/aromatic N) is 3. The molecular formula is C30H26N4O. The summed E-state index contributed by atoms with van der Waals surface area (Å²) >= 11 is 0. The summed E-state index contributed by atoms with van der Waals surface area (Å²) in [6, 6.07) is 29.8. The Morgan fingerprint density at radius 1 is 0.886 bits per heavy atom. The number of aromatic nitrogens is 2. The first-order chi connectivity index (χ1) is 17.0. The number of rotatable bonds is 5. The van der Waals surface area contributed by atoms with Crippen molar-refractivity contribution < 1.29 is 4.79 Å². The van der Waals surface area contributed by atoms with E-state index in [4.69, 9.17) is 4.98 Å². The monoisotopic (exact) mass is 458 g/mol. The highest BCUT2D eigenvalue weighted by atomic mass is 16.2. The van der Waals surface area contributed by atoms with Crippen molar-refractivity contribution >= 4 is 23.0 Å². The molecule has 5 aromatic rings. The molecule has 0 aliphatic carbocycles. The van der Waals surface area contributed by atoms with Gasteiger partial charge >= 0.3 is 0 Å². The first-order valence-electron chi connectivity index (χ1n) is 11.6. The highest BCUT2D eigenvalue weighted by molar-refractivity contribution is 6.07. The summed E-state index contributed by atoms with van der Waals surface area (Å²) in [5.41, 5.74) is 11.2. The molecule has 0 radical (unpaired) electrons. The van der Waals surface area contributed by atoms with Gasteiger partial charge in [0.1, 0.15) is 0 Å². The molecule has 0 bridgehead atoms. The molecule has 0 unspecified atom stereocenters. The Labute approximate surface area is 204 Å². The third kappa shape index (κ3) is 4.49. The van der Waals surface area contributed by atoms with Crippen LogP contribution in [0.25, 0.3) is 27.8 Å². The van der Waals surface area contributed by atoms with E-state index in [-0.39, 0.29) is 5.91 Å². The van der Waals surface area contributed by atoms with Crippen molar-refractivity contribution in [2.45, 2.75) is 20.8 Å². The first kappa shape index (κ1) is 22.3. The molecule has 2 aromatic heterocycles. The average molecular weight is 459 g/mol. The fourth-order valence-corrected chi connectivity index (χ4v) is 4.35. The fourth-order valence-electron chi connectivity index (χ4n) is 4.35. The molecule has 35 heavy (non-hydrogen) atoms. The molecular weight excluding hydrogens is 432 g/mol. The van der Waals surface area contributed by atoms with E-state index in [1.165, 1.54) is 5.56 Å². The topological polar surface area (TPSA) is 59.3 Å². The van der Waals surface area contributed by atoms with Crippen molar-refractivity contribution in [1.29, 1.82) is 0 Å². The van der Waals surface area contributed by atoms with Crippen molar-refractivity contribution in [2.75, 3.05) is 0 Å². The highest BCUT2D eigenvalue weighted by Crippen LogP contribution is 2.25. The van der Waals surface area contributed by atoms with Gasteiger partial charge in [0.05, 0.1) is 23.0 Å². The lowest BCUT2D eigenvalue weighted by Crippen LogP contribution is -2.18. The van der Waals surface area contributed by atoms with Gasteiger partial charge in [-0.15, -0.1) is 0 Å². The number of carbonyl (C=O) groups excluding carboxylic acids is 1. The van der Waals surface area contributed by atoms with Crippen LogP contribution in [0, 0.1) is 20.8 Å². The Hall–Kier alpha value is -4.51. The van der Waals surface area contributed by atoms with Gasteiger partial charge in [0.25, 0.3) is 5.91 Å². The molecule has 5 rings (SSSR count). The largest absolute Gasteiger partial charge is 0.318 e. The van der Waals surface area contributed by atoms with E-state index in [2.05, 4.69) is 66.2 Å². The van der Waals surface area contributed by atoms with Crippen LogP contribution in [0.3, 0.4) is 0 Å². The zero-order valence-corrected chi connectivity index (χ0v) is 20.0. The Kier molecular flexibility index (Phi) is 5.98. The second kappa shape index (κ2) is 9.39. The van der Waals surface area contributed by atoms with E-state index in [1.54, 1.807) is 6.21 Å². The SMILES string of the molecule is Cc1ccc(-n2c(C)cc(/C=N/NC(=O)c3cc(-c4ccccc4)nc4ccccc34)c2C)cc1. The van der Waals surface area contributed by atoms with Crippen LogP contribution >= 0.6 is 0 Å². The van der Waals surface area contributed by atoms with Crippen LogP contribution in [0.5, 0.6) is 0 Å². The number of carbonyl (C=O) groups is 1. The molecule has 1 amide bonds. The van der Waals surface area contributed by atoms with Crippen LogP contribution in [0.15, 0.2) is 96.1 Å². The van der Waals surface area contributed by atoms with Crippen LogP contribution in [0.4, 0.5) is 0 Å². The Morgan fingerprint density at radius 2 is 1.60 bits per heavy atom. The molecule has 0 atom stereocenters. The molecule has 2 heterocycles. The quantitative estimate of drug-likeness (QED) is 0.245. The van der Waals surface area contributed by atoms with Crippen LogP contribution in [0.2, 0.25) is 0 Å². The number of amides is 1. The number of hydrogen-bond donors (Lipinski definition) is 1. The summed E-state index contributed by atoms with van der Waals surface area (Å²) < 4.78 is 2.19. The van der Waals surface area contributed by atoms with E-state index >= 15 is 0 Å². The summed E-state index contributed by atoms with van der Waals surface area (Å²) in [6.45, 7) is 6.20. The molecule has 5 nitrogen and oxygen atoms in total. The first-order valence-corrected chi connectivity index (χ1v) is 11.6. The molecule has 0 aliphatic rings. The Morgan fingerprint density at radius 3 is 2.37 bits per heavy atom. The maximum atomic E-state index is 13.2. The minimum absolute atomic E-state index is 0.274. The summed E-state index contributed by atoms with van der Waals surface area (Å²) in [7, 11) is 0. The molecule has 3 aromatic carbocycles. The summed E-state index contributed by atoms with van der Waals surface area (Å²) in [5, 5.41) is 5.08. The maximum Gasteiger partial charge on any atom is 0.272 e. The van der Waals surface area contributed by atoms with Gasteiger partial charge in [-0.1, -0.05) is 66.2 Å². The van der Waals surface area contributed by atoms with Gasteiger partial charge in [-0.25, -0.2) is 10.4 Å². The smallest absolute Gasteiger partial charge is 0.272 e. The average Bonchev–Trinajstić information content (AvgIpc) is 3.17. The second-order valence-electron chi connectivity index (χ2n) is 8.63. The van der Waals surface area contributed by atoms with Gasteiger partial charge in [0.15, 0.2) is 0 Å². The second-order valence-corrected chi connectivity index (χ2v) is 8.63. The van der Waals surface area contributed by atoms with Crippen molar-refractivity contribution in [2.24, 2.45) is 5.10 Å². The van der Waals surface area contributed by atoms with Gasteiger partial charge in [0.2, 0.25) is 0 Å². The lowest BCUT2D eigenvalue weighted by atomic mass is 10.0. The molecule has 0 saturated heterocycles. The van der Waals surface area contributed by atoms with Crippen molar-refractivity contribution in [3.05, 3.63) is 119 Å². The van der Waals surface area contributed by atoms with E-state index in [1.807, 2.05) is 60.7 Å². The summed E-state index contributed by atoms with van der Waals surface area (Å²) in [5.74, 6) is -0.274. The maximum absolute atomic E-state index is 13.2. The van der Waals surface area contributed by atoms with E-state index in [0.29, 0.717) is 5.56 Å². The van der Waals surface area contributed by atoms with Gasteiger partial charge in [-0.05, 0) is 51.1 Å². The zero-order chi connectivity index (χ0) is 24.4. The van der Waals surface area contributed by atoms with E-state index in [9.17, 15) is 4.79 Å². The molecule has 0 saturated carbocycles. The third-order valence-electron chi connectivity index (χ3n) is 6.16. The van der Waals surface area contributed by atoms with Gasteiger partial charge in [0, 0.05) is 33.6 Å². The predicted octanol–water partition coefficient (Wildman–Crippen LogP) is 6.38. The lowest BCUT2D eigenvalue weighted by Gasteiger charge is -2.10. The van der Waals surface area contributed by atoms with Crippen LogP contribution in [-0.2, 0) is 0 Å². The minimum Gasteiger partial charge on any atom is -0.318 e. The van der Waals surface area contributed by atoms with Gasteiger partial charge in [-0.3, -0.25) is 4.79 Å². The molecule has 0 aliphatic heterocycles. The molecule has 1 N–H and O–H groups in total. The normalized spacial score (nSPS) is 11.3. The van der Waals surface area contributed by atoms with E-state index in [0.717, 1.165) is 44.8 Å². The van der Waals surface area contributed by atoms with Crippen LogP contribution in [0.1, 0.15) is 32.9 Å². The standard InChI is InChI=1S/C30H26N4O/c1-20-13-15-25(16-14-20)34-21(2)17-24(22(34)3)19-31-33-30(35)27-18-29(23-9-5-4-6-10-23)32-28-12-8-7-11-26(27)28/h4-19H,1-3H3,(H,33,35)/b31-19+. The number of benzene rings is 3. The van der Waals surface area contributed by atoms with Crippen molar-refractivity contribution in [1.82, 2.24) is 15.0 Å². The van der Waals surface area contributed by atoms with Crippen LogP contribution in [-0.4, -0.2) is 21.7 Å². The fraction of sp³-hybridized carbons (Fsp3) is 0.100. The van der Waals surface area contributed by atoms with Crippen molar-refractivity contribution in [3.63, 3.8) is 0 Å². The summed E-state index contributed by atoms with van der Waals surface area (Å²) in [6.07, 6.45) is 1.70. The van der Waals surface area contributed by atoms with Crippen molar-refractivity contribution in [3.8, 4) is 16.9 Å². The lowest BCUT2D eigenvalue weighted by molar-refractivity contribution is 0.0956. The number of hydrazone groups is 1. The number of nitrogens with one attached hydrogen (secondary N) is 1. The Balaban J connectivity index is 1.43. The highest BCUT2D eigenvalue weighted by Gasteiger charge is 2.14. The van der Waals surface area contributed by atoms with Gasteiger partial charge in [-0.2, -0.15) is 5.10 Å². The minimum atomic E-state index is -0.274. The number of aryl methyl sites for hydroxylation is 2. The van der Waals surface area contributed by atoms with E-state index < -0.39 is 0 Å². The van der Waals surface area contributed by atoms with Crippen LogP contribution < -0.4 is 5.43 Å². The van der Waals surface area contributed by atoms with Gasteiger partial charge < -0.3 is 4.57 Å². The molecule has 0 spiro atoms. The number of fused-ring (bicyclic) bond motifs is 1. The number of pyridine rings is 1. The Bertz CT molecular complexity index is 1550. The zero-order valence-electron chi connectivity index (χ0n) is 20.0. The molecule has 172 valence electrons. The number of hydrogen-bond acceptors (Lipinski definition) is 3. The predicted molar refractivity (Wildman–Crippen MR) is 142 cm³/mol. The number of para-hydroxylation sites is 1. The molecule has 0 fully saturated rings. The molecule has 5 heteroatoms. The summed E-state index contributed by atoms with van der Waals surface area (Å²) in [4.78, 5) is 17.9. The third-order valence-corrected chi connectivity index (χ3v) is 6.16.